The molecule has 1 saturated heterocycles. The van der Waals surface area contributed by atoms with Crippen LogP contribution >= 0.6 is 11.6 Å². The zero-order chi connectivity index (χ0) is 17.7. The van der Waals surface area contributed by atoms with Gasteiger partial charge in [0.1, 0.15) is 0 Å². The van der Waals surface area contributed by atoms with Gasteiger partial charge in [-0.15, -0.1) is 0 Å². The van der Waals surface area contributed by atoms with Crippen molar-refractivity contribution in [2.75, 3.05) is 11.6 Å². The second kappa shape index (κ2) is 5.88. The average Bonchev–Trinajstić information content (AvgIpc) is 3.25. The highest BCUT2D eigenvalue weighted by atomic mass is 35.5. The number of nitrogens with zero attached hydrogens (tertiary/aromatic N) is 2. The van der Waals surface area contributed by atoms with E-state index in [9.17, 15) is 4.79 Å². The summed E-state index contributed by atoms with van der Waals surface area (Å²) < 4.78 is 0. The number of hydrogen-bond donors (Lipinski definition) is 0. The fourth-order valence-corrected chi connectivity index (χ4v) is 4.93. The summed E-state index contributed by atoms with van der Waals surface area (Å²) in [4.78, 5) is 12.9. The van der Waals surface area contributed by atoms with Crippen molar-refractivity contribution >= 4 is 28.8 Å². The number of anilines is 1. The molecule has 2 aliphatic heterocycles. The predicted octanol–water partition coefficient (Wildman–Crippen LogP) is 5.05. The van der Waals surface area contributed by atoms with Crippen LogP contribution in [0.4, 0.5) is 5.69 Å². The summed E-state index contributed by atoms with van der Waals surface area (Å²) in [5.74, 6) is 0.246. The van der Waals surface area contributed by atoms with Gasteiger partial charge < -0.3 is 0 Å². The molecule has 0 bridgehead atoms. The number of hydrazine groups is 1. The molecule has 3 aliphatic rings. The first-order valence-corrected chi connectivity index (χ1v) is 9.74. The Hall–Kier alpha value is -2.26. The number of para-hydroxylation sites is 1. The first kappa shape index (κ1) is 16.0. The second-order valence-electron chi connectivity index (χ2n) is 7.47. The SMILES string of the molecule is O=C1CCN2c3ccccc3C(c3ccc(Cl)cc3)=CC3(CCCC3)N12. The van der Waals surface area contributed by atoms with Gasteiger partial charge in [0.25, 0.3) is 0 Å². The number of hydrogen-bond acceptors (Lipinski definition) is 2. The Morgan fingerprint density at radius 3 is 2.46 bits per heavy atom. The number of carbonyl (C=O) groups is 1. The highest BCUT2D eigenvalue weighted by Crippen LogP contribution is 2.48. The van der Waals surface area contributed by atoms with Crippen LogP contribution in [0.15, 0.2) is 54.6 Å². The zero-order valence-electron chi connectivity index (χ0n) is 14.6. The molecule has 2 heterocycles. The molecule has 3 nitrogen and oxygen atoms in total. The second-order valence-corrected chi connectivity index (χ2v) is 7.91. The molecule has 26 heavy (non-hydrogen) atoms. The minimum atomic E-state index is -0.207. The molecule has 5 rings (SSSR count). The minimum absolute atomic E-state index is 0.207. The lowest BCUT2D eigenvalue weighted by molar-refractivity contribution is -0.132. The predicted molar refractivity (Wildman–Crippen MR) is 105 cm³/mol. The van der Waals surface area contributed by atoms with E-state index in [1.165, 1.54) is 24.0 Å². The minimum Gasteiger partial charge on any atom is -0.281 e. The Kier molecular flexibility index (Phi) is 3.61. The van der Waals surface area contributed by atoms with E-state index in [0.29, 0.717) is 6.42 Å². The zero-order valence-corrected chi connectivity index (χ0v) is 15.4. The van der Waals surface area contributed by atoms with Gasteiger partial charge in [-0.3, -0.25) is 9.80 Å². The molecule has 0 N–H and O–H groups in total. The normalized spacial score (nSPS) is 20.8. The summed E-state index contributed by atoms with van der Waals surface area (Å²) >= 11 is 6.12. The van der Waals surface area contributed by atoms with E-state index in [0.717, 1.165) is 35.7 Å². The third-order valence-electron chi connectivity index (χ3n) is 5.95. The molecule has 0 aromatic heterocycles. The summed E-state index contributed by atoms with van der Waals surface area (Å²) in [6.07, 6.45) is 7.35. The van der Waals surface area contributed by atoms with Crippen LogP contribution < -0.4 is 5.01 Å². The van der Waals surface area contributed by atoms with E-state index in [1.54, 1.807) is 0 Å². The number of carbonyl (C=O) groups excluding carboxylic acids is 1. The van der Waals surface area contributed by atoms with Gasteiger partial charge in [0.05, 0.1) is 11.2 Å². The van der Waals surface area contributed by atoms with Crippen molar-refractivity contribution < 1.29 is 4.79 Å². The Balaban J connectivity index is 1.77. The number of halogens is 1. The molecule has 4 heteroatoms. The largest absolute Gasteiger partial charge is 0.281 e. The quantitative estimate of drug-likeness (QED) is 0.706. The maximum atomic E-state index is 12.9. The standard InChI is InChI=1S/C22H21ClN2O/c23-17-9-7-16(8-10-17)19-15-22(12-3-4-13-22)25-21(26)11-14-24(25)20-6-2-1-5-18(19)20/h1-2,5-10,15H,3-4,11-14H2. The summed E-state index contributed by atoms with van der Waals surface area (Å²) in [5, 5.41) is 5.04. The van der Waals surface area contributed by atoms with Crippen LogP contribution in [0, 0.1) is 0 Å². The first-order chi connectivity index (χ1) is 12.7. The van der Waals surface area contributed by atoms with Crippen molar-refractivity contribution in [3.8, 4) is 0 Å². The van der Waals surface area contributed by atoms with Gasteiger partial charge >= 0.3 is 0 Å². The Labute approximate surface area is 158 Å². The van der Waals surface area contributed by atoms with Gasteiger partial charge in [-0.25, -0.2) is 5.01 Å². The molecule has 2 aromatic rings. The van der Waals surface area contributed by atoms with Crippen molar-refractivity contribution in [3.05, 3.63) is 70.8 Å². The third-order valence-corrected chi connectivity index (χ3v) is 6.20. The monoisotopic (exact) mass is 364 g/mol. The van der Waals surface area contributed by atoms with E-state index in [1.807, 2.05) is 12.1 Å². The lowest BCUT2D eigenvalue weighted by Gasteiger charge is -2.41. The van der Waals surface area contributed by atoms with E-state index < -0.39 is 0 Å². The fraction of sp³-hybridized carbons (Fsp3) is 0.318. The Bertz CT molecular complexity index is 897. The van der Waals surface area contributed by atoms with E-state index in [4.69, 9.17) is 11.6 Å². The Morgan fingerprint density at radius 1 is 0.962 bits per heavy atom. The molecule has 2 aromatic carbocycles. The summed E-state index contributed by atoms with van der Waals surface area (Å²) in [6, 6.07) is 16.5. The van der Waals surface area contributed by atoms with Crippen molar-refractivity contribution in [2.24, 2.45) is 0 Å². The van der Waals surface area contributed by atoms with Crippen LogP contribution in [0.3, 0.4) is 0 Å². The van der Waals surface area contributed by atoms with Crippen molar-refractivity contribution in [1.29, 1.82) is 0 Å². The maximum absolute atomic E-state index is 12.9. The van der Waals surface area contributed by atoms with Gasteiger partial charge in [-0.2, -0.15) is 0 Å². The molecule has 1 aliphatic carbocycles. The van der Waals surface area contributed by atoms with Crippen molar-refractivity contribution in [1.82, 2.24) is 5.01 Å². The van der Waals surface area contributed by atoms with Crippen LogP contribution in [0.2, 0.25) is 5.02 Å². The van der Waals surface area contributed by atoms with Gasteiger partial charge in [0.15, 0.2) is 0 Å². The Morgan fingerprint density at radius 2 is 1.69 bits per heavy atom. The van der Waals surface area contributed by atoms with Crippen molar-refractivity contribution in [2.45, 2.75) is 37.6 Å². The van der Waals surface area contributed by atoms with E-state index in [2.05, 4.69) is 52.5 Å². The van der Waals surface area contributed by atoms with Crippen LogP contribution in [0.1, 0.15) is 43.2 Å². The molecule has 132 valence electrons. The maximum Gasteiger partial charge on any atom is 0.243 e. The highest BCUT2D eigenvalue weighted by Gasteiger charge is 2.48. The molecule has 0 atom stereocenters. The van der Waals surface area contributed by atoms with Gasteiger partial charge in [-0.1, -0.05) is 54.8 Å². The highest BCUT2D eigenvalue weighted by molar-refractivity contribution is 6.30. The average molecular weight is 365 g/mol. The number of rotatable bonds is 1. The van der Waals surface area contributed by atoms with Crippen molar-refractivity contribution in [3.63, 3.8) is 0 Å². The molecule has 1 amide bonds. The molecule has 1 spiro atoms. The van der Waals surface area contributed by atoms with Gasteiger partial charge in [-0.05, 0) is 48.3 Å². The topological polar surface area (TPSA) is 23.6 Å². The molecule has 0 unspecified atom stereocenters. The fourth-order valence-electron chi connectivity index (χ4n) is 4.80. The first-order valence-electron chi connectivity index (χ1n) is 9.37. The molecular formula is C22H21ClN2O. The summed E-state index contributed by atoms with van der Waals surface area (Å²) in [6.45, 7) is 0.763. The van der Waals surface area contributed by atoms with E-state index >= 15 is 0 Å². The van der Waals surface area contributed by atoms with Gasteiger partial charge in [0.2, 0.25) is 5.91 Å². The van der Waals surface area contributed by atoms with Crippen LogP contribution in [0.25, 0.3) is 5.57 Å². The van der Waals surface area contributed by atoms with E-state index in [-0.39, 0.29) is 11.4 Å². The summed E-state index contributed by atoms with van der Waals surface area (Å²) in [5.41, 5.74) is 4.48. The number of fused-ring (bicyclic) bond motifs is 4. The van der Waals surface area contributed by atoms with Crippen LogP contribution in [0.5, 0.6) is 0 Å². The smallest absolute Gasteiger partial charge is 0.243 e. The molecule has 1 saturated carbocycles. The summed E-state index contributed by atoms with van der Waals surface area (Å²) in [7, 11) is 0. The van der Waals surface area contributed by atoms with Crippen LogP contribution in [-0.2, 0) is 4.79 Å². The third kappa shape index (κ3) is 2.30. The lowest BCUT2D eigenvalue weighted by Crippen LogP contribution is -2.53. The number of amides is 1. The van der Waals surface area contributed by atoms with Gasteiger partial charge in [0, 0.05) is 23.6 Å². The molecular weight excluding hydrogens is 344 g/mol. The number of benzene rings is 2. The lowest BCUT2D eigenvalue weighted by atomic mass is 9.88. The molecule has 2 fully saturated rings. The molecule has 0 radical (unpaired) electrons. The van der Waals surface area contributed by atoms with Crippen LogP contribution in [-0.4, -0.2) is 23.0 Å².